The second-order valence-electron chi connectivity index (χ2n) is 6.59. The fourth-order valence-electron chi connectivity index (χ4n) is 3.14. The fraction of sp³-hybridized carbons (Fsp3) is 0.579. The molecule has 1 aliphatic carbocycles. The molecule has 1 aromatic carbocycles. The number of rotatable bonds is 10. The minimum atomic E-state index is -0.837. The molecule has 1 fully saturated rings. The minimum absolute atomic E-state index is 0.0196. The molecule has 0 bridgehead atoms. The summed E-state index contributed by atoms with van der Waals surface area (Å²) < 4.78 is 10.9. The highest BCUT2D eigenvalue weighted by molar-refractivity contribution is 6.32. The van der Waals surface area contributed by atoms with Crippen molar-refractivity contribution in [3.05, 3.63) is 22.7 Å². The number of carbonyl (C=O) groups excluding carboxylic acids is 1. The van der Waals surface area contributed by atoms with Crippen molar-refractivity contribution in [2.75, 3.05) is 26.8 Å². The predicted octanol–water partition coefficient (Wildman–Crippen LogP) is 2.80. The number of ether oxygens (including phenoxy) is 2. The van der Waals surface area contributed by atoms with E-state index in [-0.39, 0.29) is 24.5 Å². The van der Waals surface area contributed by atoms with Gasteiger partial charge < -0.3 is 19.9 Å². The number of methoxy groups -OCH3 is 1. The van der Waals surface area contributed by atoms with Crippen LogP contribution in [0, 0.1) is 0 Å². The molecule has 1 saturated carbocycles. The van der Waals surface area contributed by atoms with E-state index >= 15 is 0 Å². The van der Waals surface area contributed by atoms with Crippen LogP contribution in [0.15, 0.2) is 12.1 Å². The SMILES string of the molecule is CCCOc1c(Cl)cc(C(=O)NC2CC(N(CC)CC(=O)O)C2)cc1OC. The molecular formula is C19H27ClN2O5. The standard InChI is InChI=1S/C19H27ClN2O5/c1-4-6-27-18-15(20)7-12(8-16(18)26-3)19(25)21-13-9-14(10-13)22(5-2)11-17(23)24/h7-8,13-14H,4-6,9-11H2,1-3H3,(H,21,25)(H,23,24). The molecule has 8 heteroatoms. The number of aliphatic carboxylic acids is 1. The van der Waals surface area contributed by atoms with E-state index in [2.05, 4.69) is 5.32 Å². The van der Waals surface area contributed by atoms with Crippen LogP contribution in [0.5, 0.6) is 11.5 Å². The van der Waals surface area contributed by atoms with Crippen LogP contribution in [-0.2, 0) is 4.79 Å². The number of benzene rings is 1. The molecule has 7 nitrogen and oxygen atoms in total. The quantitative estimate of drug-likeness (QED) is 0.630. The Balaban J connectivity index is 1.97. The molecule has 0 aromatic heterocycles. The van der Waals surface area contributed by atoms with Crippen molar-refractivity contribution in [2.45, 2.75) is 45.2 Å². The van der Waals surface area contributed by atoms with Gasteiger partial charge in [0.2, 0.25) is 0 Å². The molecule has 27 heavy (non-hydrogen) atoms. The smallest absolute Gasteiger partial charge is 0.317 e. The van der Waals surface area contributed by atoms with Crippen molar-refractivity contribution in [1.29, 1.82) is 0 Å². The van der Waals surface area contributed by atoms with Gasteiger partial charge in [-0.05, 0) is 37.9 Å². The van der Waals surface area contributed by atoms with E-state index in [0.29, 0.717) is 35.2 Å². The first-order valence-electron chi connectivity index (χ1n) is 9.16. The third-order valence-electron chi connectivity index (χ3n) is 4.65. The normalized spacial score (nSPS) is 18.7. The molecule has 0 spiro atoms. The van der Waals surface area contributed by atoms with Gasteiger partial charge in [0.25, 0.3) is 5.91 Å². The zero-order chi connectivity index (χ0) is 20.0. The van der Waals surface area contributed by atoms with Gasteiger partial charge in [-0.2, -0.15) is 0 Å². The topological polar surface area (TPSA) is 88.1 Å². The molecule has 2 N–H and O–H groups in total. The Morgan fingerprint density at radius 1 is 1.33 bits per heavy atom. The third-order valence-corrected chi connectivity index (χ3v) is 4.93. The van der Waals surface area contributed by atoms with Crippen LogP contribution < -0.4 is 14.8 Å². The van der Waals surface area contributed by atoms with Crippen LogP contribution in [0.1, 0.15) is 43.5 Å². The average molecular weight is 399 g/mol. The lowest BCUT2D eigenvalue weighted by Crippen LogP contribution is -2.54. The second kappa shape index (κ2) is 9.80. The van der Waals surface area contributed by atoms with Crippen LogP contribution in [-0.4, -0.2) is 60.8 Å². The van der Waals surface area contributed by atoms with Crippen molar-refractivity contribution in [2.24, 2.45) is 0 Å². The number of hydrogen-bond acceptors (Lipinski definition) is 5. The number of nitrogens with zero attached hydrogens (tertiary/aromatic N) is 1. The first-order valence-corrected chi connectivity index (χ1v) is 9.54. The van der Waals surface area contributed by atoms with Gasteiger partial charge in [-0.3, -0.25) is 14.5 Å². The highest BCUT2D eigenvalue weighted by Crippen LogP contribution is 2.36. The van der Waals surface area contributed by atoms with E-state index in [1.807, 2.05) is 18.7 Å². The minimum Gasteiger partial charge on any atom is -0.493 e. The van der Waals surface area contributed by atoms with Crippen molar-refractivity contribution < 1.29 is 24.2 Å². The molecule has 0 aliphatic heterocycles. The summed E-state index contributed by atoms with van der Waals surface area (Å²) in [7, 11) is 1.50. The number of amides is 1. The maximum atomic E-state index is 12.5. The van der Waals surface area contributed by atoms with Crippen LogP contribution in [0.4, 0.5) is 0 Å². The van der Waals surface area contributed by atoms with Crippen molar-refractivity contribution in [3.8, 4) is 11.5 Å². The highest BCUT2D eigenvalue weighted by Gasteiger charge is 2.35. The number of hydrogen-bond donors (Lipinski definition) is 2. The van der Waals surface area contributed by atoms with Crippen LogP contribution >= 0.6 is 11.6 Å². The summed E-state index contributed by atoms with van der Waals surface area (Å²) in [6, 6.07) is 3.39. The van der Waals surface area contributed by atoms with Gasteiger partial charge in [0.15, 0.2) is 11.5 Å². The van der Waals surface area contributed by atoms with Gasteiger partial charge in [-0.15, -0.1) is 0 Å². The lowest BCUT2D eigenvalue weighted by molar-refractivity contribution is -0.139. The summed E-state index contributed by atoms with van der Waals surface area (Å²) in [5, 5.41) is 12.2. The Bertz CT molecular complexity index is 676. The largest absolute Gasteiger partial charge is 0.493 e. The number of carboxylic acids is 1. The van der Waals surface area contributed by atoms with E-state index in [1.54, 1.807) is 12.1 Å². The molecule has 0 radical (unpaired) electrons. The zero-order valence-corrected chi connectivity index (χ0v) is 16.7. The number of nitrogens with one attached hydrogen (secondary N) is 1. The Labute approximate surface area is 164 Å². The first kappa shape index (κ1) is 21.3. The molecular weight excluding hydrogens is 372 g/mol. The average Bonchev–Trinajstić information content (AvgIpc) is 2.60. The zero-order valence-electron chi connectivity index (χ0n) is 16.0. The predicted molar refractivity (Wildman–Crippen MR) is 103 cm³/mol. The molecule has 0 unspecified atom stereocenters. The summed E-state index contributed by atoms with van der Waals surface area (Å²) in [4.78, 5) is 25.3. The highest BCUT2D eigenvalue weighted by atomic mass is 35.5. The Morgan fingerprint density at radius 2 is 2.04 bits per heavy atom. The Morgan fingerprint density at radius 3 is 2.59 bits per heavy atom. The molecule has 150 valence electrons. The lowest BCUT2D eigenvalue weighted by atomic mass is 9.85. The monoisotopic (exact) mass is 398 g/mol. The van der Waals surface area contributed by atoms with Gasteiger partial charge >= 0.3 is 5.97 Å². The second-order valence-corrected chi connectivity index (χ2v) is 7.00. The van der Waals surface area contributed by atoms with Crippen molar-refractivity contribution in [1.82, 2.24) is 10.2 Å². The lowest BCUT2D eigenvalue weighted by Gasteiger charge is -2.42. The fourth-order valence-corrected chi connectivity index (χ4v) is 3.41. The van der Waals surface area contributed by atoms with E-state index in [1.165, 1.54) is 7.11 Å². The van der Waals surface area contributed by atoms with E-state index < -0.39 is 5.97 Å². The van der Waals surface area contributed by atoms with E-state index in [4.69, 9.17) is 26.2 Å². The summed E-state index contributed by atoms with van der Waals surface area (Å²) in [5.74, 6) is -0.210. The molecule has 0 heterocycles. The molecule has 2 rings (SSSR count). The summed E-state index contributed by atoms with van der Waals surface area (Å²) in [6.45, 7) is 5.13. The molecule has 0 saturated heterocycles. The van der Waals surface area contributed by atoms with Crippen LogP contribution in [0.25, 0.3) is 0 Å². The summed E-state index contributed by atoms with van der Waals surface area (Å²) in [6.07, 6.45) is 2.30. The molecule has 1 amide bonds. The number of likely N-dealkylation sites (N-methyl/N-ethyl adjacent to an activating group) is 1. The Kier molecular flexibility index (Phi) is 7.74. The molecule has 1 aromatic rings. The number of carbonyl (C=O) groups is 2. The van der Waals surface area contributed by atoms with Gasteiger partial charge in [0, 0.05) is 17.6 Å². The van der Waals surface area contributed by atoms with Crippen molar-refractivity contribution in [3.63, 3.8) is 0 Å². The summed E-state index contributed by atoms with van der Waals surface area (Å²) in [5.41, 5.74) is 0.405. The van der Waals surface area contributed by atoms with Gasteiger partial charge in [-0.25, -0.2) is 0 Å². The summed E-state index contributed by atoms with van der Waals surface area (Å²) >= 11 is 6.26. The van der Waals surface area contributed by atoms with Crippen LogP contribution in [0.3, 0.4) is 0 Å². The Hall–Kier alpha value is -1.99. The van der Waals surface area contributed by atoms with Gasteiger partial charge in [0.1, 0.15) is 0 Å². The van der Waals surface area contributed by atoms with E-state index in [0.717, 1.165) is 19.3 Å². The maximum Gasteiger partial charge on any atom is 0.317 e. The molecule has 0 atom stereocenters. The number of halogens is 1. The third kappa shape index (κ3) is 5.49. The molecule has 1 aliphatic rings. The first-order chi connectivity index (χ1) is 12.9. The van der Waals surface area contributed by atoms with Crippen LogP contribution in [0.2, 0.25) is 5.02 Å². The maximum absolute atomic E-state index is 12.5. The van der Waals surface area contributed by atoms with Gasteiger partial charge in [0.05, 0.1) is 25.3 Å². The van der Waals surface area contributed by atoms with E-state index in [9.17, 15) is 9.59 Å². The number of carboxylic acid groups (broad SMARTS) is 1. The van der Waals surface area contributed by atoms with Crippen molar-refractivity contribution >= 4 is 23.5 Å². The van der Waals surface area contributed by atoms with Gasteiger partial charge in [-0.1, -0.05) is 25.4 Å².